The highest BCUT2D eigenvalue weighted by Gasteiger charge is 2.22. The molecule has 1 heterocycles. The van der Waals surface area contributed by atoms with Crippen LogP contribution >= 0.6 is 0 Å². The number of rotatable bonds is 6. The summed E-state index contributed by atoms with van der Waals surface area (Å²) in [5.74, 6) is 1.16. The molecule has 6 heteroatoms. The van der Waals surface area contributed by atoms with E-state index in [9.17, 15) is 9.18 Å². The summed E-state index contributed by atoms with van der Waals surface area (Å²) in [6.07, 6.45) is 0. The molecule has 0 N–H and O–H groups in total. The van der Waals surface area contributed by atoms with E-state index in [4.69, 9.17) is 9.47 Å². The zero-order valence-corrected chi connectivity index (χ0v) is 16.7. The van der Waals surface area contributed by atoms with Gasteiger partial charge in [0.15, 0.2) is 6.61 Å². The number of ether oxygens (including phenoxy) is 2. The first-order valence-electron chi connectivity index (χ1n) is 9.49. The Morgan fingerprint density at radius 1 is 1.07 bits per heavy atom. The van der Waals surface area contributed by atoms with E-state index >= 15 is 0 Å². The molecule has 5 nitrogen and oxygen atoms in total. The lowest BCUT2D eigenvalue weighted by atomic mass is 10.1. The normalized spacial score (nSPS) is 14.8. The van der Waals surface area contributed by atoms with E-state index < -0.39 is 0 Å². The van der Waals surface area contributed by atoms with Gasteiger partial charge in [-0.1, -0.05) is 12.1 Å². The second-order valence-corrected chi connectivity index (χ2v) is 7.10. The predicted molar refractivity (Wildman–Crippen MR) is 106 cm³/mol. The number of carbonyl (C=O) groups is 1. The molecule has 2 aromatic carbocycles. The van der Waals surface area contributed by atoms with Crippen molar-refractivity contribution in [3.63, 3.8) is 0 Å². The number of benzene rings is 2. The van der Waals surface area contributed by atoms with Gasteiger partial charge < -0.3 is 14.4 Å². The number of nitrogens with zero attached hydrogens (tertiary/aromatic N) is 2. The molecule has 0 radical (unpaired) electrons. The first-order chi connectivity index (χ1) is 13.5. The molecule has 0 spiro atoms. The molecule has 0 aromatic heterocycles. The molecule has 1 saturated heterocycles. The van der Waals surface area contributed by atoms with Crippen molar-refractivity contribution in [3.8, 4) is 11.5 Å². The van der Waals surface area contributed by atoms with E-state index in [2.05, 4.69) is 4.90 Å². The highest BCUT2D eigenvalue weighted by atomic mass is 19.1. The van der Waals surface area contributed by atoms with Crippen molar-refractivity contribution in [1.82, 2.24) is 9.80 Å². The third-order valence-corrected chi connectivity index (χ3v) is 5.27. The molecule has 1 aliphatic rings. The maximum atomic E-state index is 13.5. The van der Waals surface area contributed by atoms with Crippen molar-refractivity contribution in [2.75, 3.05) is 39.9 Å². The van der Waals surface area contributed by atoms with E-state index in [0.717, 1.165) is 35.5 Å². The van der Waals surface area contributed by atoms with Crippen molar-refractivity contribution in [3.05, 3.63) is 58.9 Å². The van der Waals surface area contributed by atoms with Crippen molar-refractivity contribution < 1.29 is 18.7 Å². The van der Waals surface area contributed by atoms with E-state index in [0.29, 0.717) is 25.4 Å². The number of methoxy groups -OCH3 is 1. The Bertz CT molecular complexity index is 833. The van der Waals surface area contributed by atoms with Crippen LogP contribution in [0.25, 0.3) is 0 Å². The average Bonchev–Trinajstić information content (AvgIpc) is 2.69. The first kappa shape index (κ1) is 20.1. The van der Waals surface area contributed by atoms with Crippen molar-refractivity contribution in [2.24, 2.45) is 0 Å². The minimum Gasteiger partial charge on any atom is -0.496 e. The van der Waals surface area contributed by atoms with Gasteiger partial charge in [-0.05, 0) is 49.2 Å². The number of piperazine rings is 1. The van der Waals surface area contributed by atoms with Gasteiger partial charge in [-0.3, -0.25) is 9.69 Å². The van der Waals surface area contributed by atoms with Crippen LogP contribution in [0.15, 0.2) is 36.4 Å². The Balaban J connectivity index is 1.50. The summed E-state index contributed by atoms with van der Waals surface area (Å²) in [7, 11) is 1.59. The van der Waals surface area contributed by atoms with E-state index in [-0.39, 0.29) is 18.3 Å². The quantitative estimate of drug-likeness (QED) is 0.765. The number of carbonyl (C=O) groups excluding carboxylic acids is 1. The highest BCUT2D eigenvalue weighted by molar-refractivity contribution is 5.78. The fraction of sp³-hybridized carbons (Fsp3) is 0.409. The predicted octanol–water partition coefficient (Wildman–Crippen LogP) is 3.17. The van der Waals surface area contributed by atoms with Crippen LogP contribution in [0.3, 0.4) is 0 Å². The first-order valence-corrected chi connectivity index (χ1v) is 9.49. The van der Waals surface area contributed by atoms with Gasteiger partial charge in [0.05, 0.1) is 7.11 Å². The van der Waals surface area contributed by atoms with E-state index in [1.54, 1.807) is 13.2 Å². The Hall–Kier alpha value is -2.60. The van der Waals surface area contributed by atoms with Crippen molar-refractivity contribution in [1.29, 1.82) is 0 Å². The van der Waals surface area contributed by atoms with Gasteiger partial charge in [0.2, 0.25) is 0 Å². The van der Waals surface area contributed by atoms with Crippen LogP contribution in [0, 0.1) is 19.7 Å². The highest BCUT2D eigenvalue weighted by Crippen LogP contribution is 2.22. The summed E-state index contributed by atoms with van der Waals surface area (Å²) >= 11 is 0. The third kappa shape index (κ3) is 4.81. The van der Waals surface area contributed by atoms with Crippen LogP contribution in [0.5, 0.6) is 11.5 Å². The lowest BCUT2D eigenvalue weighted by molar-refractivity contribution is -0.135. The molecule has 0 saturated carbocycles. The smallest absolute Gasteiger partial charge is 0.260 e. The van der Waals surface area contributed by atoms with Crippen LogP contribution in [0.2, 0.25) is 0 Å². The van der Waals surface area contributed by atoms with Gasteiger partial charge in [-0.25, -0.2) is 4.39 Å². The molecule has 0 atom stereocenters. The number of hydrogen-bond acceptors (Lipinski definition) is 4. The fourth-order valence-electron chi connectivity index (χ4n) is 3.38. The molecule has 3 rings (SSSR count). The summed E-state index contributed by atoms with van der Waals surface area (Å²) < 4.78 is 24.6. The monoisotopic (exact) mass is 386 g/mol. The van der Waals surface area contributed by atoms with Gasteiger partial charge in [-0.2, -0.15) is 0 Å². The molecule has 1 fully saturated rings. The second kappa shape index (κ2) is 9.06. The summed E-state index contributed by atoms with van der Waals surface area (Å²) in [6.45, 7) is 7.39. The molecule has 2 aromatic rings. The van der Waals surface area contributed by atoms with Gasteiger partial charge in [-0.15, -0.1) is 0 Å². The average molecular weight is 386 g/mol. The minimum absolute atomic E-state index is 0.0103. The fourth-order valence-corrected chi connectivity index (χ4v) is 3.38. The third-order valence-electron chi connectivity index (χ3n) is 5.27. The molecule has 0 unspecified atom stereocenters. The summed E-state index contributed by atoms with van der Waals surface area (Å²) in [4.78, 5) is 16.5. The summed E-state index contributed by atoms with van der Waals surface area (Å²) in [5.41, 5.74) is 3.02. The number of hydrogen-bond donors (Lipinski definition) is 0. The lowest BCUT2D eigenvalue weighted by Crippen LogP contribution is -2.49. The molecular formula is C22H27FN2O3. The molecule has 1 amide bonds. The summed E-state index contributed by atoms with van der Waals surface area (Å²) in [6, 6.07) is 10.4. The maximum absolute atomic E-state index is 13.5. The van der Waals surface area contributed by atoms with E-state index in [1.165, 1.54) is 12.1 Å². The van der Waals surface area contributed by atoms with Gasteiger partial charge >= 0.3 is 0 Å². The van der Waals surface area contributed by atoms with Crippen LogP contribution in [-0.4, -0.2) is 55.6 Å². The van der Waals surface area contributed by atoms with Crippen LogP contribution in [0.1, 0.15) is 16.7 Å². The van der Waals surface area contributed by atoms with Gasteiger partial charge in [0, 0.05) is 38.3 Å². The van der Waals surface area contributed by atoms with Crippen molar-refractivity contribution >= 4 is 5.91 Å². The van der Waals surface area contributed by atoms with Gasteiger partial charge in [0.1, 0.15) is 17.3 Å². The molecule has 28 heavy (non-hydrogen) atoms. The Labute approximate surface area is 165 Å². The summed E-state index contributed by atoms with van der Waals surface area (Å²) in [5, 5.41) is 0. The van der Waals surface area contributed by atoms with E-state index in [1.807, 2.05) is 36.9 Å². The van der Waals surface area contributed by atoms with Crippen molar-refractivity contribution in [2.45, 2.75) is 20.4 Å². The number of halogens is 1. The van der Waals surface area contributed by atoms with Crippen LogP contribution < -0.4 is 9.47 Å². The molecule has 1 aliphatic heterocycles. The Morgan fingerprint density at radius 3 is 2.54 bits per heavy atom. The Morgan fingerprint density at radius 2 is 1.82 bits per heavy atom. The lowest BCUT2D eigenvalue weighted by Gasteiger charge is -2.35. The zero-order valence-electron chi connectivity index (χ0n) is 16.7. The largest absolute Gasteiger partial charge is 0.496 e. The van der Waals surface area contributed by atoms with Crippen LogP contribution in [-0.2, 0) is 11.3 Å². The minimum atomic E-state index is -0.270. The molecule has 0 aliphatic carbocycles. The Kier molecular flexibility index (Phi) is 6.52. The second-order valence-electron chi connectivity index (χ2n) is 7.10. The molecular weight excluding hydrogens is 359 g/mol. The van der Waals surface area contributed by atoms with Crippen LogP contribution in [0.4, 0.5) is 4.39 Å². The number of amides is 1. The zero-order chi connectivity index (χ0) is 20.1. The standard InChI is InChI=1S/C22H27FN2O3/c1-16-5-4-6-20(17(16)2)28-15-22(26)25-11-9-24(10-12-25)14-18-13-19(23)7-8-21(18)27-3/h4-8,13H,9-12,14-15H2,1-3H3. The maximum Gasteiger partial charge on any atom is 0.260 e. The SMILES string of the molecule is COc1ccc(F)cc1CN1CCN(C(=O)COc2cccc(C)c2C)CC1. The molecule has 0 bridgehead atoms. The number of aryl methyl sites for hydroxylation is 1. The van der Waals surface area contributed by atoms with Gasteiger partial charge in [0.25, 0.3) is 5.91 Å². The molecule has 150 valence electrons. The topological polar surface area (TPSA) is 42.0 Å².